The summed E-state index contributed by atoms with van der Waals surface area (Å²) in [7, 11) is 0. The average molecular weight is 421 g/mol. The van der Waals surface area contributed by atoms with Crippen molar-refractivity contribution in [1.29, 1.82) is 0 Å². The number of halogens is 1. The molecule has 0 aliphatic heterocycles. The van der Waals surface area contributed by atoms with Crippen LogP contribution in [0.5, 0.6) is 0 Å². The number of nitrogens with two attached hydrogens (primary N) is 1. The number of allylic oxidation sites excluding steroid dienone is 4. The van der Waals surface area contributed by atoms with Gasteiger partial charge in [0.1, 0.15) is 5.69 Å². The molecule has 3 rings (SSSR count). The molecule has 1 amide bonds. The summed E-state index contributed by atoms with van der Waals surface area (Å²) < 4.78 is 12.9. The Hall–Kier alpha value is -3.58. The molecule has 0 bridgehead atoms. The monoisotopic (exact) mass is 420 g/mol. The second kappa shape index (κ2) is 9.76. The van der Waals surface area contributed by atoms with Crippen molar-refractivity contribution in [2.75, 3.05) is 11.1 Å². The predicted molar refractivity (Wildman–Crippen MR) is 122 cm³/mol. The first-order valence-electron chi connectivity index (χ1n) is 9.18. The molecule has 30 heavy (non-hydrogen) atoms. The Labute approximate surface area is 178 Å². The predicted octanol–water partition coefficient (Wildman–Crippen LogP) is 5.77. The lowest BCUT2D eigenvalue weighted by Gasteiger charge is -2.11. The van der Waals surface area contributed by atoms with Gasteiger partial charge >= 0.3 is 0 Å². The van der Waals surface area contributed by atoms with Gasteiger partial charge in [0.2, 0.25) is 5.91 Å². The highest BCUT2D eigenvalue weighted by Gasteiger charge is 2.15. The van der Waals surface area contributed by atoms with Gasteiger partial charge < -0.3 is 11.1 Å². The van der Waals surface area contributed by atoms with Crippen LogP contribution >= 0.6 is 11.3 Å². The van der Waals surface area contributed by atoms with Crippen LogP contribution in [0, 0.1) is 0 Å². The molecule has 2 heterocycles. The van der Waals surface area contributed by atoms with E-state index in [2.05, 4.69) is 16.9 Å². The number of carbonyl (C=O) groups excluding carboxylic acids is 1. The molecule has 0 fully saturated rings. The Balaban J connectivity index is 1.89. The van der Waals surface area contributed by atoms with Crippen LogP contribution in [0.1, 0.15) is 13.3 Å². The van der Waals surface area contributed by atoms with E-state index in [1.54, 1.807) is 18.3 Å². The SMILES string of the molecule is C=C/C(=C\C=C(/C)F)CC(=O)Nc1ncc(-c2ccc(N)cc2)nc1-c1cccs1. The summed E-state index contributed by atoms with van der Waals surface area (Å²) in [4.78, 5) is 22.6. The zero-order chi connectivity index (χ0) is 21.5. The number of nitrogens with one attached hydrogen (secondary N) is 1. The largest absolute Gasteiger partial charge is 0.399 e. The highest BCUT2D eigenvalue weighted by atomic mass is 32.1. The van der Waals surface area contributed by atoms with E-state index in [-0.39, 0.29) is 18.2 Å². The molecule has 3 N–H and O–H groups in total. The molecule has 0 atom stereocenters. The maximum Gasteiger partial charge on any atom is 0.230 e. The molecule has 3 aromatic rings. The molecule has 0 aliphatic rings. The minimum absolute atomic E-state index is 0.0402. The molecule has 0 aliphatic carbocycles. The van der Waals surface area contributed by atoms with E-state index in [1.165, 1.54) is 36.5 Å². The van der Waals surface area contributed by atoms with Crippen LogP contribution in [0.15, 0.2) is 84.2 Å². The fourth-order valence-electron chi connectivity index (χ4n) is 2.64. The molecule has 0 radical (unpaired) electrons. The first kappa shape index (κ1) is 21.1. The maximum atomic E-state index is 12.9. The number of nitrogens with zero attached hydrogens (tertiary/aromatic N) is 2. The molecule has 0 saturated heterocycles. The van der Waals surface area contributed by atoms with E-state index < -0.39 is 0 Å². The van der Waals surface area contributed by atoms with Gasteiger partial charge in [-0.3, -0.25) is 4.79 Å². The van der Waals surface area contributed by atoms with Crippen molar-refractivity contribution >= 4 is 28.7 Å². The molecule has 0 saturated carbocycles. The summed E-state index contributed by atoms with van der Waals surface area (Å²) >= 11 is 1.50. The topological polar surface area (TPSA) is 80.9 Å². The van der Waals surface area contributed by atoms with Gasteiger partial charge in [-0.05, 0) is 42.2 Å². The van der Waals surface area contributed by atoms with Crippen LogP contribution in [0.25, 0.3) is 21.8 Å². The summed E-state index contributed by atoms with van der Waals surface area (Å²) in [6, 6.07) is 11.2. The quantitative estimate of drug-likeness (QED) is 0.376. The standard InChI is InChI=1S/C23H21FN4OS/c1-3-16(7-6-15(2)24)13-21(29)28-23-22(20-5-4-12-30-20)27-19(14-26-23)17-8-10-18(25)11-9-17/h3-12,14H,1,13,25H2,2H3,(H,26,28,29)/b15-6+,16-7+. The number of amides is 1. The fraction of sp³-hybridized carbons (Fsp3) is 0.0870. The van der Waals surface area contributed by atoms with E-state index in [0.717, 1.165) is 10.4 Å². The summed E-state index contributed by atoms with van der Waals surface area (Å²) in [5, 5.41) is 4.74. The Morgan fingerprint density at radius 1 is 1.27 bits per heavy atom. The third-order valence-corrected chi connectivity index (χ3v) is 5.02. The number of nitrogen functional groups attached to an aromatic ring is 1. The lowest BCUT2D eigenvalue weighted by molar-refractivity contribution is -0.115. The van der Waals surface area contributed by atoms with Crippen molar-refractivity contribution in [3.63, 3.8) is 0 Å². The van der Waals surface area contributed by atoms with Crippen molar-refractivity contribution < 1.29 is 9.18 Å². The lowest BCUT2D eigenvalue weighted by Crippen LogP contribution is -2.14. The number of aromatic nitrogens is 2. The van der Waals surface area contributed by atoms with Gasteiger partial charge in [0.25, 0.3) is 0 Å². The first-order valence-corrected chi connectivity index (χ1v) is 10.1. The van der Waals surface area contributed by atoms with Gasteiger partial charge in [0.05, 0.1) is 29.0 Å². The van der Waals surface area contributed by atoms with E-state index in [1.807, 2.05) is 29.6 Å². The molecule has 2 aromatic heterocycles. The normalized spacial score (nSPS) is 11.9. The molecular weight excluding hydrogens is 399 g/mol. The smallest absolute Gasteiger partial charge is 0.230 e. The summed E-state index contributed by atoms with van der Waals surface area (Å²) in [6.07, 6.45) is 5.99. The summed E-state index contributed by atoms with van der Waals surface area (Å²) in [5.41, 5.74) is 9.14. The first-order chi connectivity index (χ1) is 14.5. The van der Waals surface area contributed by atoms with Crippen LogP contribution in [-0.4, -0.2) is 15.9 Å². The Bertz CT molecular complexity index is 1100. The number of hydrogen-bond acceptors (Lipinski definition) is 5. The van der Waals surface area contributed by atoms with E-state index in [0.29, 0.717) is 28.5 Å². The van der Waals surface area contributed by atoms with E-state index in [9.17, 15) is 9.18 Å². The van der Waals surface area contributed by atoms with Crippen LogP contribution < -0.4 is 11.1 Å². The third kappa shape index (κ3) is 5.48. The van der Waals surface area contributed by atoms with Gasteiger partial charge in [-0.15, -0.1) is 11.3 Å². The number of hydrogen-bond donors (Lipinski definition) is 2. The Morgan fingerprint density at radius 3 is 2.67 bits per heavy atom. The molecular formula is C23H21FN4OS. The van der Waals surface area contributed by atoms with E-state index >= 15 is 0 Å². The second-order valence-electron chi connectivity index (χ2n) is 6.48. The van der Waals surface area contributed by atoms with Crippen LogP contribution in [-0.2, 0) is 4.79 Å². The summed E-state index contributed by atoms with van der Waals surface area (Å²) in [5.74, 6) is -0.278. The maximum absolute atomic E-state index is 12.9. The van der Waals surface area contributed by atoms with Gasteiger partial charge in [-0.2, -0.15) is 0 Å². The van der Waals surface area contributed by atoms with Gasteiger partial charge in [-0.1, -0.05) is 36.9 Å². The molecule has 7 heteroatoms. The molecule has 152 valence electrons. The van der Waals surface area contributed by atoms with Crippen LogP contribution in [0.2, 0.25) is 0 Å². The number of thiophene rings is 1. The fourth-order valence-corrected chi connectivity index (χ4v) is 3.36. The molecule has 1 aromatic carbocycles. The molecule has 0 spiro atoms. The van der Waals surface area contributed by atoms with Crippen molar-refractivity contribution in [2.45, 2.75) is 13.3 Å². The number of benzene rings is 1. The Kier molecular flexibility index (Phi) is 6.87. The minimum atomic E-state index is -0.348. The van der Waals surface area contributed by atoms with Crippen molar-refractivity contribution in [3.05, 3.63) is 84.2 Å². The van der Waals surface area contributed by atoms with Crippen LogP contribution in [0.4, 0.5) is 15.9 Å². The zero-order valence-corrected chi connectivity index (χ0v) is 17.2. The minimum Gasteiger partial charge on any atom is -0.399 e. The number of rotatable bonds is 7. The highest BCUT2D eigenvalue weighted by molar-refractivity contribution is 7.13. The molecule has 0 unspecified atom stereocenters. The number of anilines is 2. The average Bonchev–Trinajstić information content (AvgIpc) is 3.26. The van der Waals surface area contributed by atoms with E-state index in [4.69, 9.17) is 10.7 Å². The summed E-state index contributed by atoms with van der Waals surface area (Å²) in [6.45, 7) is 5.01. The Morgan fingerprint density at radius 2 is 2.03 bits per heavy atom. The highest BCUT2D eigenvalue weighted by Crippen LogP contribution is 2.31. The van der Waals surface area contributed by atoms with Gasteiger partial charge in [-0.25, -0.2) is 14.4 Å². The number of carbonyl (C=O) groups is 1. The zero-order valence-electron chi connectivity index (χ0n) is 16.4. The van der Waals surface area contributed by atoms with Gasteiger partial charge in [0, 0.05) is 11.3 Å². The lowest BCUT2D eigenvalue weighted by atomic mass is 10.1. The van der Waals surface area contributed by atoms with Crippen molar-refractivity contribution in [3.8, 4) is 21.8 Å². The van der Waals surface area contributed by atoms with Crippen LogP contribution in [0.3, 0.4) is 0 Å². The third-order valence-electron chi connectivity index (χ3n) is 4.15. The van der Waals surface area contributed by atoms with Gasteiger partial charge in [0.15, 0.2) is 5.82 Å². The van der Waals surface area contributed by atoms with Crippen molar-refractivity contribution in [1.82, 2.24) is 9.97 Å². The second-order valence-corrected chi connectivity index (χ2v) is 7.42. The molecule has 5 nitrogen and oxygen atoms in total. The van der Waals surface area contributed by atoms with Crippen molar-refractivity contribution in [2.24, 2.45) is 0 Å².